The van der Waals surface area contributed by atoms with Crippen molar-refractivity contribution in [2.75, 3.05) is 39.3 Å². The first-order valence-corrected chi connectivity index (χ1v) is 10.1. The molecule has 0 saturated carbocycles. The van der Waals surface area contributed by atoms with Crippen LogP contribution in [0.3, 0.4) is 0 Å². The van der Waals surface area contributed by atoms with E-state index in [4.69, 9.17) is 9.15 Å². The molecule has 2 aromatic carbocycles. The maximum Gasteiger partial charge on any atom is 0.209 e. The van der Waals surface area contributed by atoms with Crippen molar-refractivity contribution < 1.29 is 9.15 Å². The molecule has 4 rings (SSSR count). The highest BCUT2D eigenvalue weighted by molar-refractivity contribution is 5.73. The smallest absolute Gasteiger partial charge is 0.209 e. The maximum absolute atomic E-state index is 6.01. The fourth-order valence-corrected chi connectivity index (χ4v) is 3.66. The third kappa shape index (κ3) is 4.54. The van der Waals surface area contributed by atoms with Crippen LogP contribution < -0.4 is 4.74 Å². The molecule has 0 radical (unpaired) electrons. The summed E-state index contributed by atoms with van der Waals surface area (Å²) in [6, 6.07) is 12.5. The molecule has 0 spiro atoms. The molecule has 2 heterocycles. The van der Waals surface area contributed by atoms with Crippen molar-refractivity contribution >= 4 is 11.1 Å². The van der Waals surface area contributed by atoms with Crippen LogP contribution in [0.2, 0.25) is 0 Å². The summed E-state index contributed by atoms with van der Waals surface area (Å²) in [4.78, 5) is 9.53. The Hall–Kier alpha value is -2.37. The van der Waals surface area contributed by atoms with E-state index in [1.54, 1.807) is 0 Å². The third-order valence-electron chi connectivity index (χ3n) is 5.42. The SMILES string of the molecule is Cc1ccc(C)c(OCCN2CCN(Cc3nc4cc(C)ccc4o3)CC2)c1. The lowest BCUT2D eigenvalue weighted by Gasteiger charge is -2.33. The Kier molecular flexibility index (Phi) is 5.64. The fraction of sp³-hybridized carbons (Fsp3) is 0.435. The average Bonchev–Trinajstić information content (AvgIpc) is 3.07. The van der Waals surface area contributed by atoms with Crippen LogP contribution in [0.1, 0.15) is 22.6 Å². The summed E-state index contributed by atoms with van der Waals surface area (Å²) in [5.74, 6) is 1.82. The molecule has 0 aliphatic carbocycles. The monoisotopic (exact) mass is 379 g/mol. The number of benzene rings is 2. The predicted octanol–water partition coefficient (Wildman–Crippen LogP) is 3.95. The molecule has 0 unspecified atom stereocenters. The highest BCUT2D eigenvalue weighted by Gasteiger charge is 2.19. The Morgan fingerprint density at radius 1 is 0.929 bits per heavy atom. The van der Waals surface area contributed by atoms with E-state index < -0.39 is 0 Å². The van der Waals surface area contributed by atoms with Crippen LogP contribution in [-0.4, -0.2) is 54.1 Å². The van der Waals surface area contributed by atoms with Crippen molar-refractivity contribution in [1.29, 1.82) is 0 Å². The van der Waals surface area contributed by atoms with E-state index in [9.17, 15) is 0 Å². The van der Waals surface area contributed by atoms with Gasteiger partial charge in [0.1, 0.15) is 17.9 Å². The first kappa shape index (κ1) is 19.0. The summed E-state index contributed by atoms with van der Waals surface area (Å²) in [5.41, 5.74) is 5.48. The van der Waals surface area contributed by atoms with Gasteiger partial charge in [0, 0.05) is 32.7 Å². The molecule has 0 atom stereocenters. The number of hydrogen-bond acceptors (Lipinski definition) is 5. The molecule has 0 bridgehead atoms. The lowest BCUT2D eigenvalue weighted by Crippen LogP contribution is -2.47. The minimum Gasteiger partial charge on any atom is -0.492 e. The standard InChI is InChI=1S/C23H29N3O2/c1-17-5-7-21-20(14-17)24-23(28-21)16-26-10-8-25(9-11-26)12-13-27-22-15-18(2)4-6-19(22)3/h4-7,14-15H,8-13,16H2,1-3H3. The Balaban J connectivity index is 1.23. The van der Waals surface area contributed by atoms with E-state index in [-0.39, 0.29) is 0 Å². The Morgan fingerprint density at radius 2 is 1.64 bits per heavy atom. The van der Waals surface area contributed by atoms with Crippen LogP contribution in [0.25, 0.3) is 11.1 Å². The highest BCUT2D eigenvalue weighted by atomic mass is 16.5. The second-order valence-corrected chi connectivity index (χ2v) is 7.81. The Morgan fingerprint density at radius 3 is 2.46 bits per heavy atom. The van der Waals surface area contributed by atoms with E-state index in [0.29, 0.717) is 0 Å². The van der Waals surface area contributed by atoms with Gasteiger partial charge in [-0.3, -0.25) is 9.80 Å². The molecule has 0 amide bonds. The summed E-state index contributed by atoms with van der Waals surface area (Å²) in [5, 5.41) is 0. The lowest BCUT2D eigenvalue weighted by atomic mass is 10.1. The van der Waals surface area contributed by atoms with E-state index >= 15 is 0 Å². The van der Waals surface area contributed by atoms with E-state index in [1.165, 1.54) is 16.7 Å². The number of rotatable bonds is 6. The molecule has 5 nitrogen and oxygen atoms in total. The topological polar surface area (TPSA) is 41.7 Å². The van der Waals surface area contributed by atoms with E-state index in [2.05, 4.69) is 65.9 Å². The zero-order valence-electron chi connectivity index (χ0n) is 17.1. The summed E-state index contributed by atoms with van der Waals surface area (Å²) >= 11 is 0. The third-order valence-corrected chi connectivity index (χ3v) is 5.42. The molecule has 1 aliphatic heterocycles. The summed E-state index contributed by atoms with van der Waals surface area (Å²) in [7, 11) is 0. The molecule has 3 aromatic rings. The first-order valence-electron chi connectivity index (χ1n) is 10.1. The number of aromatic nitrogens is 1. The largest absolute Gasteiger partial charge is 0.492 e. The molecular formula is C23H29N3O2. The van der Waals surface area contributed by atoms with Gasteiger partial charge in [-0.05, 0) is 55.7 Å². The van der Waals surface area contributed by atoms with Gasteiger partial charge in [0.2, 0.25) is 5.89 Å². The molecule has 1 aliphatic rings. The van der Waals surface area contributed by atoms with Gasteiger partial charge < -0.3 is 9.15 Å². The van der Waals surface area contributed by atoms with Gasteiger partial charge in [-0.2, -0.15) is 0 Å². The minimum atomic E-state index is 0.731. The van der Waals surface area contributed by atoms with Gasteiger partial charge in [-0.25, -0.2) is 4.98 Å². The van der Waals surface area contributed by atoms with Crippen molar-refractivity contribution in [2.45, 2.75) is 27.3 Å². The van der Waals surface area contributed by atoms with Crippen LogP contribution in [0.5, 0.6) is 5.75 Å². The molecule has 1 fully saturated rings. The van der Waals surface area contributed by atoms with Gasteiger partial charge >= 0.3 is 0 Å². The zero-order valence-corrected chi connectivity index (χ0v) is 17.1. The summed E-state index contributed by atoms with van der Waals surface area (Å²) in [6.45, 7) is 12.9. The van der Waals surface area contributed by atoms with Crippen LogP contribution in [-0.2, 0) is 6.54 Å². The minimum absolute atomic E-state index is 0.731. The molecule has 148 valence electrons. The van der Waals surface area contributed by atoms with Crippen LogP contribution >= 0.6 is 0 Å². The number of ether oxygens (including phenoxy) is 1. The predicted molar refractivity (Wildman–Crippen MR) is 112 cm³/mol. The number of fused-ring (bicyclic) bond motifs is 1. The Labute approximate surface area is 166 Å². The van der Waals surface area contributed by atoms with Crippen molar-refractivity contribution in [3.8, 4) is 5.75 Å². The number of nitrogens with zero attached hydrogens (tertiary/aromatic N) is 3. The maximum atomic E-state index is 6.01. The Bertz CT molecular complexity index is 942. The zero-order chi connectivity index (χ0) is 19.5. The van der Waals surface area contributed by atoms with Crippen LogP contribution in [0, 0.1) is 20.8 Å². The van der Waals surface area contributed by atoms with Gasteiger partial charge in [0.15, 0.2) is 5.58 Å². The fourth-order valence-electron chi connectivity index (χ4n) is 3.66. The van der Waals surface area contributed by atoms with Gasteiger partial charge in [-0.1, -0.05) is 18.2 Å². The van der Waals surface area contributed by atoms with E-state index in [1.807, 2.05) is 6.07 Å². The van der Waals surface area contributed by atoms with Gasteiger partial charge in [0.25, 0.3) is 0 Å². The number of aryl methyl sites for hydroxylation is 3. The highest BCUT2D eigenvalue weighted by Crippen LogP contribution is 2.20. The molecule has 5 heteroatoms. The van der Waals surface area contributed by atoms with Gasteiger partial charge in [-0.15, -0.1) is 0 Å². The summed E-state index contributed by atoms with van der Waals surface area (Å²) in [6.07, 6.45) is 0. The van der Waals surface area contributed by atoms with Crippen molar-refractivity contribution in [3.63, 3.8) is 0 Å². The first-order chi connectivity index (χ1) is 13.6. The molecule has 1 saturated heterocycles. The number of piperazine rings is 1. The van der Waals surface area contributed by atoms with Crippen LogP contribution in [0.4, 0.5) is 0 Å². The molecule has 0 N–H and O–H groups in total. The second kappa shape index (κ2) is 8.33. The van der Waals surface area contributed by atoms with Crippen molar-refractivity contribution in [3.05, 3.63) is 59.0 Å². The van der Waals surface area contributed by atoms with Gasteiger partial charge in [0.05, 0.1) is 6.54 Å². The lowest BCUT2D eigenvalue weighted by molar-refractivity contribution is 0.106. The summed E-state index contributed by atoms with van der Waals surface area (Å²) < 4.78 is 11.9. The average molecular weight is 380 g/mol. The normalized spacial score (nSPS) is 16.0. The van der Waals surface area contributed by atoms with Crippen molar-refractivity contribution in [1.82, 2.24) is 14.8 Å². The number of oxazole rings is 1. The molecular weight excluding hydrogens is 350 g/mol. The second-order valence-electron chi connectivity index (χ2n) is 7.81. The quantitative estimate of drug-likeness (QED) is 0.649. The van der Waals surface area contributed by atoms with E-state index in [0.717, 1.165) is 68.6 Å². The molecule has 1 aromatic heterocycles. The molecule has 28 heavy (non-hydrogen) atoms. The van der Waals surface area contributed by atoms with Crippen LogP contribution in [0.15, 0.2) is 40.8 Å². The number of hydrogen-bond donors (Lipinski definition) is 0. The van der Waals surface area contributed by atoms with Crippen molar-refractivity contribution in [2.24, 2.45) is 0 Å².